The van der Waals surface area contributed by atoms with Crippen LogP contribution in [0, 0.1) is 5.92 Å². The maximum absolute atomic E-state index is 11.8. The molecule has 0 fully saturated rings. The number of amides is 2. The second-order valence-corrected chi connectivity index (χ2v) is 5.68. The average Bonchev–Trinajstić information content (AvgIpc) is 2.23. The summed E-state index contributed by atoms with van der Waals surface area (Å²) in [4.78, 5) is 23.6. The van der Waals surface area contributed by atoms with Gasteiger partial charge in [0.2, 0.25) is 11.8 Å². The largest absolute Gasteiger partial charge is 0.350 e. The summed E-state index contributed by atoms with van der Waals surface area (Å²) >= 11 is 0. The van der Waals surface area contributed by atoms with Gasteiger partial charge in [0.1, 0.15) is 6.04 Å². The van der Waals surface area contributed by atoms with Crippen LogP contribution in [0.2, 0.25) is 0 Å². The van der Waals surface area contributed by atoms with Gasteiger partial charge in [0.15, 0.2) is 0 Å². The van der Waals surface area contributed by atoms with Crippen molar-refractivity contribution in [2.24, 2.45) is 5.92 Å². The Kier molecular flexibility index (Phi) is 9.88. The third-order valence-electron chi connectivity index (χ3n) is 2.40. The first kappa shape index (κ1) is 20.5. The average molecular weight is 294 g/mol. The van der Waals surface area contributed by atoms with Crippen molar-refractivity contribution >= 4 is 24.2 Å². The van der Waals surface area contributed by atoms with Gasteiger partial charge in [-0.15, -0.1) is 12.4 Å². The number of hydrogen-bond donors (Lipinski definition) is 3. The lowest BCUT2D eigenvalue weighted by Gasteiger charge is -2.24. The molecule has 0 rings (SSSR count). The monoisotopic (exact) mass is 293 g/mol. The highest BCUT2D eigenvalue weighted by atomic mass is 35.5. The second kappa shape index (κ2) is 9.15. The summed E-state index contributed by atoms with van der Waals surface area (Å²) in [6, 6.07) is -0.513. The number of carbonyl (C=O) groups excluding carboxylic acids is 2. The standard InChI is InChI=1S/C13H27N3O2.ClH/c1-7-14-8-9(2)11(17)15-10(3)12(18)16-13(4,5)6;/h9-10,14H,7-8H2,1-6H3,(H,15,17)(H,16,18);1H. The molecule has 0 aliphatic carbocycles. The maximum Gasteiger partial charge on any atom is 0.242 e. The highest BCUT2D eigenvalue weighted by Crippen LogP contribution is 2.00. The van der Waals surface area contributed by atoms with E-state index < -0.39 is 6.04 Å². The molecule has 5 nitrogen and oxygen atoms in total. The summed E-state index contributed by atoms with van der Waals surface area (Å²) in [5.74, 6) is -0.408. The summed E-state index contributed by atoms with van der Waals surface area (Å²) in [5.41, 5.74) is -0.286. The smallest absolute Gasteiger partial charge is 0.242 e. The molecule has 0 aromatic rings. The first-order valence-electron chi connectivity index (χ1n) is 6.50. The molecule has 3 N–H and O–H groups in total. The van der Waals surface area contributed by atoms with E-state index in [1.807, 2.05) is 34.6 Å². The fraction of sp³-hybridized carbons (Fsp3) is 0.846. The lowest BCUT2D eigenvalue weighted by molar-refractivity contribution is -0.131. The molecule has 2 amide bonds. The molecule has 2 atom stereocenters. The highest BCUT2D eigenvalue weighted by molar-refractivity contribution is 5.88. The number of nitrogens with one attached hydrogen (secondary N) is 3. The van der Waals surface area contributed by atoms with Crippen molar-refractivity contribution < 1.29 is 9.59 Å². The van der Waals surface area contributed by atoms with Gasteiger partial charge in [-0.3, -0.25) is 9.59 Å². The molecule has 2 unspecified atom stereocenters. The number of hydrogen-bond acceptors (Lipinski definition) is 3. The van der Waals surface area contributed by atoms with Crippen molar-refractivity contribution in [3.63, 3.8) is 0 Å². The third-order valence-corrected chi connectivity index (χ3v) is 2.40. The normalized spacial score (nSPS) is 14.0. The van der Waals surface area contributed by atoms with Crippen LogP contribution in [0.5, 0.6) is 0 Å². The first-order chi connectivity index (χ1) is 8.17. The van der Waals surface area contributed by atoms with Gasteiger partial charge >= 0.3 is 0 Å². The predicted molar refractivity (Wildman–Crippen MR) is 80.5 cm³/mol. The zero-order valence-electron chi connectivity index (χ0n) is 12.8. The Balaban J connectivity index is 0. The summed E-state index contributed by atoms with van der Waals surface area (Å²) < 4.78 is 0. The molecule has 114 valence electrons. The molecule has 0 aliphatic rings. The molecule has 0 saturated heterocycles. The predicted octanol–water partition coefficient (Wildman–Crippen LogP) is 1.07. The van der Waals surface area contributed by atoms with Gasteiger partial charge in [-0.1, -0.05) is 13.8 Å². The number of rotatable bonds is 6. The summed E-state index contributed by atoms with van der Waals surface area (Å²) in [7, 11) is 0. The van der Waals surface area contributed by atoms with Crippen molar-refractivity contribution in [2.75, 3.05) is 13.1 Å². The fourth-order valence-corrected chi connectivity index (χ4v) is 1.35. The molecule has 0 aliphatic heterocycles. The Morgan fingerprint density at radius 1 is 1.11 bits per heavy atom. The van der Waals surface area contributed by atoms with E-state index in [2.05, 4.69) is 16.0 Å². The van der Waals surface area contributed by atoms with Crippen LogP contribution in [0.15, 0.2) is 0 Å². The van der Waals surface area contributed by atoms with Gasteiger partial charge < -0.3 is 16.0 Å². The van der Waals surface area contributed by atoms with Gasteiger partial charge in [0.05, 0.1) is 0 Å². The van der Waals surface area contributed by atoms with E-state index in [-0.39, 0.29) is 35.7 Å². The van der Waals surface area contributed by atoms with Crippen molar-refractivity contribution in [1.82, 2.24) is 16.0 Å². The van der Waals surface area contributed by atoms with Gasteiger partial charge in [-0.25, -0.2) is 0 Å². The Morgan fingerprint density at radius 3 is 2.05 bits per heavy atom. The van der Waals surface area contributed by atoms with Gasteiger partial charge in [-0.05, 0) is 34.2 Å². The Morgan fingerprint density at radius 2 is 1.63 bits per heavy atom. The zero-order valence-corrected chi connectivity index (χ0v) is 13.6. The first-order valence-corrected chi connectivity index (χ1v) is 6.50. The minimum absolute atomic E-state index is 0. The van der Waals surface area contributed by atoms with Crippen LogP contribution in [-0.2, 0) is 9.59 Å². The molecule has 0 spiro atoms. The van der Waals surface area contributed by atoms with Crippen LogP contribution < -0.4 is 16.0 Å². The summed E-state index contributed by atoms with van der Waals surface area (Å²) in [6.45, 7) is 12.7. The minimum Gasteiger partial charge on any atom is -0.350 e. The lowest BCUT2D eigenvalue weighted by Crippen LogP contribution is -2.52. The van der Waals surface area contributed by atoms with E-state index >= 15 is 0 Å². The van der Waals surface area contributed by atoms with E-state index in [4.69, 9.17) is 0 Å². The van der Waals surface area contributed by atoms with Crippen molar-refractivity contribution in [1.29, 1.82) is 0 Å². The molecular weight excluding hydrogens is 266 g/mol. The summed E-state index contributed by atoms with van der Waals surface area (Å²) in [5, 5.41) is 8.67. The van der Waals surface area contributed by atoms with E-state index in [1.165, 1.54) is 0 Å². The Bertz CT molecular complexity index is 290. The third kappa shape index (κ3) is 9.73. The van der Waals surface area contributed by atoms with Crippen molar-refractivity contribution in [3.05, 3.63) is 0 Å². The van der Waals surface area contributed by atoms with Gasteiger partial charge in [0, 0.05) is 18.0 Å². The Labute approximate surface area is 122 Å². The quantitative estimate of drug-likeness (QED) is 0.686. The van der Waals surface area contributed by atoms with E-state index in [0.717, 1.165) is 6.54 Å². The lowest BCUT2D eigenvalue weighted by atomic mass is 10.1. The molecule has 0 saturated carbocycles. The van der Waals surface area contributed by atoms with Crippen LogP contribution in [0.4, 0.5) is 0 Å². The minimum atomic E-state index is -0.513. The molecule has 6 heteroatoms. The van der Waals surface area contributed by atoms with Crippen molar-refractivity contribution in [3.8, 4) is 0 Å². The van der Waals surface area contributed by atoms with Crippen LogP contribution in [-0.4, -0.2) is 36.5 Å². The fourth-order valence-electron chi connectivity index (χ4n) is 1.35. The van der Waals surface area contributed by atoms with Crippen LogP contribution in [0.1, 0.15) is 41.5 Å². The number of carbonyl (C=O) groups is 2. The molecule has 19 heavy (non-hydrogen) atoms. The van der Waals surface area contributed by atoms with Gasteiger partial charge in [-0.2, -0.15) is 0 Å². The van der Waals surface area contributed by atoms with Gasteiger partial charge in [0.25, 0.3) is 0 Å². The van der Waals surface area contributed by atoms with E-state index in [1.54, 1.807) is 6.92 Å². The summed E-state index contributed by atoms with van der Waals surface area (Å²) in [6.07, 6.45) is 0. The van der Waals surface area contributed by atoms with Crippen LogP contribution >= 0.6 is 12.4 Å². The molecule has 0 aromatic carbocycles. The number of halogens is 1. The second-order valence-electron chi connectivity index (χ2n) is 5.68. The van der Waals surface area contributed by atoms with E-state index in [0.29, 0.717) is 6.54 Å². The molecule has 0 aromatic heterocycles. The highest BCUT2D eigenvalue weighted by Gasteiger charge is 2.22. The SMILES string of the molecule is CCNCC(C)C(=O)NC(C)C(=O)NC(C)(C)C.Cl. The van der Waals surface area contributed by atoms with Crippen molar-refractivity contribution in [2.45, 2.75) is 53.1 Å². The zero-order chi connectivity index (χ0) is 14.3. The molecule has 0 radical (unpaired) electrons. The molecule has 0 heterocycles. The van der Waals surface area contributed by atoms with Crippen LogP contribution in [0.3, 0.4) is 0 Å². The van der Waals surface area contributed by atoms with E-state index in [9.17, 15) is 9.59 Å². The molecular formula is C13H28ClN3O2. The van der Waals surface area contributed by atoms with Crippen LogP contribution in [0.25, 0.3) is 0 Å². The Hall–Kier alpha value is -0.810. The molecule has 0 bridgehead atoms. The topological polar surface area (TPSA) is 70.2 Å². The maximum atomic E-state index is 11.8.